The molecule has 0 aliphatic carbocycles. The molecule has 0 unspecified atom stereocenters. The van der Waals surface area contributed by atoms with Crippen LogP contribution in [0.3, 0.4) is 0 Å². The topological polar surface area (TPSA) is 0 Å². The summed E-state index contributed by atoms with van der Waals surface area (Å²) in [5, 5.41) is 0. The fourth-order valence-electron chi connectivity index (χ4n) is 0.672. The Balaban J connectivity index is 3.78. The highest BCUT2D eigenvalue weighted by atomic mass is 79.9. The minimum absolute atomic E-state index is 1.06. The fraction of sp³-hybridized carbons (Fsp3) is 0.556. The summed E-state index contributed by atoms with van der Waals surface area (Å²) in [7, 11) is 0. The van der Waals surface area contributed by atoms with Crippen LogP contribution in [-0.4, -0.2) is 0 Å². The molecule has 3 heteroatoms. The van der Waals surface area contributed by atoms with Crippen LogP contribution < -0.4 is 0 Å². The van der Waals surface area contributed by atoms with E-state index >= 15 is 0 Å². The molecule has 0 rings (SSSR count). The summed E-state index contributed by atoms with van der Waals surface area (Å²) in [6, 6.07) is 0. The summed E-state index contributed by atoms with van der Waals surface area (Å²) in [4.78, 5) is 0. The Hall–Kier alpha value is 0.920. The second-order valence-electron chi connectivity index (χ2n) is 2.48. The van der Waals surface area contributed by atoms with Crippen molar-refractivity contribution < 1.29 is 0 Å². The average molecular weight is 361 g/mol. The van der Waals surface area contributed by atoms with Gasteiger partial charge in [0.25, 0.3) is 0 Å². The molecule has 0 saturated heterocycles. The number of hydrogen-bond donors (Lipinski definition) is 0. The van der Waals surface area contributed by atoms with Crippen molar-refractivity contribution >= 4 is 47.8 Å². The summed E-state index contributed by atoms with van der Waals surface area (Å²) >= 11 is 10.4. The molecular weight excluding hydrogens is 348 g/mol. The lowest BCUT2D eigenvalue weighted by Gasteiger charge is -1.97. The van der Waals surface area contributed by atoms with E-state index in [9.17, 15) is 0 Å². The molecule has 0 heterocycles. The summed E-state index contributed by atoms with van der Waals surface area (Å²) in [6.07, 6.45) is 5.44. The highest BCUT2D eigenvalue weighted by molar-refractivity contribution is 9.14. The molecule has 0 aliphatic rings. The van der Waals surface area contributed by atoms with Gasteiger partial charge in [-0.1, -0.05) is 60.8 Å². The van der Waals surface area contributed by atoms with E-state index in [-0.39, 0.29) is 0 Å². The summed E-state index contributed by atoms with van der Waals surface area (Å²) in [6.45, 7) is 4.18. The third kappa shape index (κ3) is 6.44. The molecule has 0 radical (unpaired) electrons. The number of hydrogen-bond acceptors (Lipinski definition) is 0. The van der Waals surface area contributed by atoms with Crippen molar-refractivity contribution in [1.29, 1.82) is 0 Å². The Morgan fingerprint density at radius 3 is 2.25 bits per heavy atom. The Labute approximate surface area is 99.9 Å². The maximum atomic E-state index is 3.50. The largest absolute Gasteiger partial charge is 0.0740 e. The standard InChI is InChI=1S/C9H13Br3/c1-3-8(11)5-4-6-9(12)7(2)10/h5H,3-4,6H2,1-2H3/b8-5-,9-7+. The average Bonchev–Trinajstić information content (AvgIpc) is 2.03. The zero-order valence-corrected chi connectivity index (χ0v) is 12.1. The van der Waals surface area contributed by atoms with E-state index in [0.29, 0.717) is 0 Å². The minimum atomic E-state index is 1.06. The predicted molar refractivity (Wildman–Crippen MR) is 67.1 cm³/mol. The van der Waals surface area contributed by atoms with Crippen molar-refractivity contribution in [2.45, 2.75) is 33.1 Å². The zero-order valence-electron chi connectivity index (χ0n) is 7.33. The van der Waals surface area contributed by atoms with Gasteiger partial charge in [0.2, 0.25) is 0 Å². The lowest BCUT2D eigenvalue weighted by molar-refractivity contribution is 1.02. The fourth-order valence-corrected chi connectivity index (χ4v) is 1.33. The molecule has 70 valence electrons. The second-order valence-corrected chi connectivity index (χ2v) is 5.65. The second kappa shape index (κ2) is 7.34. The van der Waals surface area contributed by atoms with Gasteiger partial charge in [0.1, 0.15) is 0 Å². The summed E-state index contributed by atoms with van der Waals surface area (Å²) in [5.41, 5.74) is 0. The normalized spacial score (nSPS) is 14.6. The Bertz CT molecular complexity index is 188. The van der Waals surface area contributed by atoms with Crippen molar-refractivity contribution in [2.75, 3.05) is 0 Å². The van der Waals surface area contributed by atoms with Gasteiger partial charge >= 0.3 is 0 Å². The monoisotopic (exact) mass is 358 g/mol. The van der Waals surface area contributed by atoms with E-state index in [2.05, 4.69) is 60.8 Å². The molecule has 0 nitrogen and oxygen atoms in total. The van der Waals surface area contributed by atoms with Crippen LogP contribution in [0, 0.1) is 0 Å². The molecule has 0 N–H and O–H groups in total. The van der Waals surface area contributed by atoms with E-state index in [1.807, 2.05) is 6.92 Å². The van der Waals surface area contributed by atoms with Crippen LogP contribution in [0.5, 0.6) is 0 Å². The van der Waals surface area contributed by atoms with Crippen LogP contribution in [0.1, 0.15) is 33.1 Å². The maximum absolute atomic E-state index is 3.50. The smallest absolute Gasteiger partial charge is 0.00520 e. The van der Waals surface area contributed by atoms with Gasteiger partial charge in [-0.25, -0.2) is 0 Å². The molecule has 0 aromatic rings. The Morgan fingerprint density at radius 1 is 1.25 bits per heavy atom. The molecule has 0 fully saturated rings. The Kier molecular flexibility index (Phi) is 7.90. The first-order chi connectivity index (χ1) is 5.57. The van der Waals surface area contributed by atoms with Crippen molar-refractivity contribution in [3.63, 3.8) is 0 Å². The third-order valence-electron chi connectivity index (χ3n) is 1.44. The van der Waals surface area contributed by atoms with Crippen LogP contribution in [0.4, 0.5) is 0 Å². The number of rotatable bonds is 4. The van der Waals surface area contributed by atoms with Crippen LogP contribution in [0.15, 0.2) is 19.5 Å². The molecular formula is C9H13Br3. The first kappa shape index (κ1) is 12.9. The van der Waals surface area contributed by atoms with Crippen molar-refractivity contribution in [2.24, 2.45) is 0 Å². The van der Waals surface area contributed by atoms with E-state index in [1.54, 1.807) is 0 Å². The predicted octanol–water partition coefficient (Wildman–Crippen LogP) is 5.48. The third-order valence-corrected chi connectivity index (χ3v) is 4.33. The van der Waals surface area contributed by atoms with Crippen molar-refractivity contribution in [1.82, 2.24) is 0 Å². The number of allylic oxidation sites excluding steroid dienone is 4. The lowest BCUT2D eigenvalue weighted by atomic mass is 10.2. The molecule has 0 bridgehead atoms. The van der Waals surface area contributed by atoms with Gasteiger partial charge in [-0.15, -0.1) is 0 Å². The van der Waals surface area contributed by atoms with E-state index in [4.69, 9.17) is 0 Å². The van der Waals surface area contributed by atoms with Gasteiger partial charge in [0.15, 0.2) is 0 Å². The van der Waals surface area contributed by atoms with Crippen LogP contribution in [0.25, 0.3) is 0 Å². The SMILES string of the molecule is CC/C(Br)=C/CC/C(Br)=C(/C)Br. The van der Waals surface area contributed by atoms with Gasteiger partial charge in [-0.2, -0.15) is 0 Å². The quantitative estimate of drug-likeness (QED) is 0.623. The summed E-state index contributed by atoms with van der Waals surface area (Å²) in [5.74, 6) is 0. The van der Waals surface area contributed by atoms with E-state index < -0.39 is 0 Å². The van der Waals surface area contributed by atoms with E-state index in [0.717, 1.165) is 19.3 Å². The highest BCUT2D eigenvalue weighted by Gasteiger charge is 1.94. The van der Waals surface area contributed by atoms with Crippen molar-refractivity contribution in [3.8, 4) is 0 Å². The molecule has 0 aromatic carbocycles. The molecule has 0 aliphatic heterocycles. The van der Waals surface area contributed by atoms with Gasteiger partial charge in [-0.3, -0.25) is 0 Å². The van der Waals surface area contributed by atoms with Gasteiger partial charge in [-0.05, 0) is 30.7 Å². The lowest BCUT2D eigenvalue weighted by Crippen LogP contribution is -1.75. The number of halogens is 3. The highest BCUT2D eigenvalue weighted by Crippen LogP contribution is 2.23. The van der Waals surface area contributed by atoms with Crippen LogP contribution in [0.2, 0.25) is 0 Å². The molecule has 0 atom stereocenters. The van der Waals surface area contributed by atoms with Crippen molar-refractivity contribution in [3.05, 3.63) is 19.5 Å². The van der Waals surface area contributed by atoms with E-state index in [1.165, 1.54) is 13.4 Å². The van der Waals surface area contributed by atoms with Gasteiger partial charge in [0, 0.05) is 8.96 Å². The van der Waals surface area contributed by atoms with Crippen LogP contribution >= 0.6 is 47.8 Å². The Morgan fingerprint density at radius 2 is 1.83 bits per heavy atom. The van der Waals surface area contributed by atoms with Gasteiger partial charge in [0.05, 0.1) is 0 Å². The first-order valence-corrected chi connectivity index (χ1v) is 6.31. The zero-order chi connectivity index (χ0) is 9.56. The summed E-state index contributed by atoms with van der Waals surface area (Å²) < 4.78 is 3.72. The first-order valence-electron chi connectivity index (χ1n) is 3.93. The molecule has 12 heavy (non-hydrogen) atoms. The minimum Gasteiger partial charge on any atom is -0.0740 e. The molecule has 0 saturated carbocycles. The van der Waals surface area contributed by atoms with Crippen LogP contribution in [-0.2, 0) is 0 Å². The van der Waals surface area contributed by atoms with Gasteiger partial charge < -0.3 is 0 Å². The molecule has 0 aromatic heterocycles. The molecule has 0 spiro atoms. The maximum Gasteiger partial charge on any atom is 0.00520 e. The molecule has 0 amide bonds.